The Morgan fingerprint density at radius 3 is 2.62 bits per heavy atom. The van der Waals surface area contributed by atoms with Crippen molar-refractivity contribution in [2.45, 2.75) is 0 Å². The Kier molecular flexibility index (Phi) is 2.68. The van der Waals surface area contributed by atoms with Crippen molar-refractivity contribution in [3.05, 3.63) is 23.2 Å². The van der Waals surface area contributed by atoms with Gasteiger partial charge >= 0.3 is 10.1 Å². The number of nitrogens with two attached hydrogens (primary N) is 1. The zero-order valence-electron chi connectivity index (χ0n) is 6.82. The molecule has 0 saturated heterocycles. The van der Waals surface area contributed by atoms with E-state index >= 15 is 0 Å². The molecule has 13 heavy (non-hydrogen) atoms. The molecule has 1 rings (SSSR count). The number of halogens is 1. The zero-order chi connectivity index (χ0) is 10.1. The molecule has 1 aromatic carbocycles. The summed E-state index contributed by atoms with van der Waals surface area (Å²) in [5.41, 5.74) is 5.68. The molecule has 2 N–H and O–H groups in total. The monoisotopic (exact) mass is 221 g/mol. The van der Waals surface area contributed by atoms with Crippen LogP contribution in [0.2, 0.25) is 5.02 Å². The van der Waals surface area contributed by atoms with Crippen LogP contribution in [0, 0.1) is 0 Å². The third-order valence-corrected chi connectivity index (χ3v) is 1.93. The fourth-order valence-electron chi connectivity index (χ4n) is 0.743. The van der Waals surface area contributed by atoms with Crippen molar-refractivity contribution in [2.75, 3.05) is 12.0 Å². The second-order valence-electron chi connectivity index (χ2n) is 2.47. The van der Waals surface area contributed by atoms with E-state index in [2.05, 4.69) is 4.18 Å². The van der Waals surface area contributed by atoms with Gasteiger partial charge in [-0.3, -0.25) is 0 Å². The van der Waals surface area contributed by atoms with Gasteiger partial charge in [0.15, 0.2) is 5.75 Å². The number of rotatable bonds is 2. The molecule has 0 radical (unpaired) electrons. The topological polar surface area (TPSA) is 69.4 Å². The van der Waals surface area contributed by atoms with Gasteiger partial charge < -0.3 is 9.92 Å². The van der Waals surface area contributed by atoms with Gasteiger partial charge in [-0.2, -0.15) is 8.42 Å². The smallest absolute Gasteiger partial charge is 0.306 e. The quantitative estimate of drug-likeness (QED) is 0.603. The second kappa shape index (κ2) is 3.43. The van der Waals surface area contributed by atoms with Gasteiger partial charge in [0.1, 0.15) is 0 Å². The summed E-state index contributed by atoms with van der Waals surface area (Å²) in [7, 11) is -3.56. The van der Waals surface area contributed by atoms with Gasteiger partial charge in [0.25, 0.3) is 0 Å². The molecule has 0 aliphatic heterocycles. The van der Waals surface area contributed by atoms with Gasteiger partial charge in [-0.1, -0.05) is 11.6 Å². The first-order chi connectivity index (χ1) is 5.88. The third kappa shape index (κ3) is 3.12. The number of nitrogen functional groups attached to an aromatic ring is 1. The summed E-state index contributed by atoms with van der Waals surface area (Å²) in [6, 6.07) is 4.37. The first kappa shape index (κ1) is 10.1. The highest BCUT2D eigenvalue weighted by Crippen LogP contribution is 2.26. The van der Waals surface area contributed by atoms with Gasteiger partial charge in [0.05, 0.1) is 11.9 Å². The van der Waals surface area contributed by atoms with E-state index in [1.54, 1.807) is 6.07 Å². The Hall–Kier alpha value is -0.940. The highest BCUT2D eigenvalue weighted by Gasteiger charge is 2.07. The van der Waals surface area contributed by atoms with Crippen molar-refractivity contribution in [3.63, 3.8) is 0 Å². The van der Waals surface area contributed by atoms with Crippen LogP contribution in [0.5, 0.6) is 5.75 Å². The first-order valence-corrected chi connectivity index (χ1v) is 5.52. The van der Waals surface area contributed by atoms with Gasteiger partial charge in [-0.05, 0) is 12.1 Å². The molecule has 0 aromatic heterocycles. The van der Waals surface area contributed by atoms with Crippen molar-refractivity contribution < 1.29 is 12.6 Å². The summed E-state index contributed by atoms with van der Waals surface area (Å²) in [4.78, 5) is 0. The lowest BCUT2D eigenvalue weighted by Crippen LogP contribution is -2.07. The maximum atomic E-state index is 10.7. The van der Waals surface area contributed by atoms with E-state index in [4.69, 9.17) is 17.3 Å². The molecule has 0 aliphatic carbocycles. The van der Waals surface area contributed by atoms with Crippen LogP contribution in [0.3, 0.4) is 0 Å². The molecule has 4 nitrogen and oxygen atoms in total. The van der Waals surface area contributed by atoms with E-state index < -0.39 is 10.1 Å². The summed E-state index contributed by atoms with van der Waals surface area (Å²) >= 11 is 5.62. The predicted molar refractivity (Wildman–Crippen MR) is 51.3 cm³/mol. The van der Waals surface area contributed by atoms with E-state index in [0.717, 1.165) is 6.26 Å². The minimum absolute atomic E-state index is 0.0509. The lowest BCUT2D eigenvalue weighted by molar-refractivity contribution is 0.494. The summed E-state index contributed by atoms with van der Waals surface area (Å²) in [5, 5.41) is 0.368. The van der Waals surface area contributed by atoms with Crippen LogP contribution < -0.4 is 9.92 Å². The molecule has 0 fully saturated rings. The maximum Gasteiger partial charge on any atom is 0.306 e. The average Bonchev–Trinajstić information content (AvgIpc) is 1.94. The van der Waals surface area contributed by atoms with Crippen LogP contribution in [0.25, 0.3) is 0 Å². The average molecular weight is 222 g/mol. The van der Waals surface area contributed by atoms with Crippen LogP contribution >= 0.6 is 11.6 Å². The maximum absolute atomic E-state index is 10.7. The molecule has 0 spiro atoms. The molecule has 0 atom stereocenters. The highest BCUT2D eigenvalue weighted by atomic mass is 35.5. The number of anilines is 1. The van der Waals surface area contributed by atoms with Crippen LogP contribution in [-0.4, -0.2) is 14.7 Å². The van der Waals surface area contributed by atoms with E-state index in [1.165, 1.54) is 12.1 Å². The minimum atomic E-state index is -3.56. The lowest BCUT2D eigenvalue weighted by atomic mass is 10.3. The van der Waals surface area contributed by atoms with Gasteiger partial charge in [0, 0.05) is 11.1 Å². The fourth-order valence-corrected chi connectivity index (χ4v) is 1.38. The molecule has 0 heterocycles. The van der Waals surface area contributed by atoms with Crippen LogP contribution in [0.1, 0.15) is 0 Å². The molecule has 0 saturated carbocycles. The second-order valence-corrected chi connectivity index (χ2v) is 4.48. The van der Waals surface area contributed by atoms with E-state index in [-0.39, 0.29) is 11.4 Å². The fraction of sp³-hybridized carbons (Fsp3) is 0.143. The molecular weight excluding hydrogens is 214 g/mol. The third-order valence-electron chi connectivity index (χ3n) is 1.22. The molecule has 6 heteroatoms. The van der Waals surface area contributed by atoms with Crippen molar-refractivity contribution in [2.24, 2.45) is 0 Å². The summed E-state index contributed by atoms with van der Waals surface area (Å²) in [6.45, 7) is 0. The van der Waals surface area contributed by atoms with Gasteiger partial charge in [-0.15, -0.1) is 0 Å². The van der Waals surface area contributed by atoms with Gasteiger partial charge in [-0.25, -0.2) is 0 Å². The van der Waals surface area contributed by atoms with E-state index in [1.807, 2.05) is 0 Å². The number of hydrogen-bond acceptors (Lipinski definition) is 4. The number of hydrogen-bond donors (Lipinski definition) is 1. The van der Waals surface area contributed by atoms with Crippen molar-refractivity contribution in [3.8, 4) is 5.75 Å². The number of benzene rings is 1. The first-order valence-electron chi connectivity index (χ1n) is 3.33. The normalized spacial score (nSPS) is 11.2. The van der Waals surface area contributed by atoms with Crippen molar-refractivity contribution >= 4 is 27.4 Å². The summed E-state index contributed by atoms with van der Waals surface area (Å²) in [5.74, 6) is 0.0509. The van der Waals surface area contributed by atoms with Crippen LogP contribution in [0.4, 0.5) is 5.69 Å². The van der Waals surface area contributed by atoms with Crippen molar-refractivity contribution in [1.82, 2.24) is 0 Å². The molecule has 1 aromatic rings. The van der Waals surface area contributed by atoms with Crippen molar-refractivity contribution in [1.29, 1.82) is 0 Å². The minimum Gasteiger partial charge on any atom is -0.396 e. The summed E-state index contributed by atoms with van der Waals surface area (Å²) < 4.78 is 26.1. The molecule has 0 unspecified atom stereocenters. The Morgan fingerprint density at radius 1 is 1.46 bits per heavy atom. The molecule has 0 aliphatic rings. The van der Waals surface area contributed by atoms with E-state index in [0.29, 0.717) is 5.02 Å². The zero-order valence-corrected chi connectivity index (χ0v) is 8.39. The Balaban J connectivity index is 3.08. The predicted octanol–water partition coefficient (Wildman–Crippen LogP) is 1.26. The van der Waals surface area contributed by atoms with Crippen LogP contribution in [0.15, 0.2) is 18.2 Å². The Labute approximate surface area is 81.4 Å². The largest absolute Gasteiger partial charge is 0.396 e. The van der Waals surface area contributed by atoms with E-state index in [9.17, 15) is 8.42 Å². The Morgan fingerprint density at radius 2 is 2.08 bits per heavy atom. The molecular formula is C7H8ClNO3S. The molecule has 0 amide bonds. The Bertz CT molecular complexity index is 416. The molecule has 72 valence electrons. The molecule has 0 bridgehead atoms. The van der Waals surface area contributed by atoms with Crippen LogP contribution in [-0.2, 0) is 10.1 Å². The van der Waals surface area contributed by atoms with Gasteiger partial charge in [0.2, 0.25) is 0 Å². The SMILES string of the molecule is CS(=O)(=O)Oc1cc(Cl)ccc1N. The summed E-state index contributed by atoms with van der Waals surface area (Å²) in [6.07, 6.45) is 0.938. The lowest BCUT2D eigenvalue weighted by Gasteiger charge is -2.05. The highest BCUT2D eigenvalue weighted by molar-refractivity contribution is 7.86. The standard InChI is InChI=1S/C7H8ClNO3S/c1-13(10,11)12-7-4-5(8)2-3-6(7)9/h2-4H,9H2,1H3.